The van der Waals surface area contributed by atoms with E-state index in [2.05, 4.69) is 25.2 Å². The van der Waals surface area contributed by atoms with Crippen LogP contribution in [0.4, 0.5) is 0 Å². The van der Waals surface area contributed by atoms with Gasteiger partial charge in [0.1, 0.15) is 0 Å². The van der Waals surface area contributed by atoms with Gasteiger partial charge in [-0.2, -0.15) is 0 Å². The Hall–Kier alpha value is -0.280. The molecule has 0 radical (unpaired) electrons. The van der Waals surface area contributed by atoms with Crippen molar-refractivity contribution >= 4 is 24.0 Å². The maximum atomic E-state index is 6.31. The summed E-state index contributed by atoms with van der Waals surface area (Å²) in [5.41, 5.74) is 4.02. The van der Waals surface area contributed by atoms with Crippen LogP contribution in [0.3, 0.4) is 0 Å². The molecule has 2 nitrogen and oxygen atoms in total. The van der Waals surface area contributed by atoms with Gasteiger partial charge >= 0.3 is 0 Å². The van der Waals surface area contributed by atoms with Crippen molar-refractivity contribution in [2.24, 2.45) is 0 Å². The topological polar surface area (TPSA) is 21.3 Å². The van der Waals surface area contributed by atoms with Gasteiger partial charge in [-0.15, -0.1) is 12.4 Å². The molecule has 0 unspecified atom stereocenters. The Morgan fingerprint density at radius 2 is 2.28 bits per heavy atom. The minimum Gasteiger partial charge on any atom is -0.369 e. The van der Waals surface area contributed by atoms with E-state index in [1.54, 1.807) is 0 Å². The third kappa shape index (κ3) is 1.96. The summed E-state index contributed by atoms with van der Waals surface area (Å²) < 4.78 is 6.05. The molecule has 0 saturated carbocycles. The minimum absolute atomic E-state index is 0. The SMILES string of the molecule is CCc1ccc(Cl)c2c1[C@@H]1CNC[C@]1(C)OC2.Cl. The number of nitrogens with one attached hydrogen (secondary N) is 1. The molecule has 1 N–H and O–H groups in total. The highest BCUT2D eigenvalue weighted by molar-refractivity contribution is 6.31. The molecule has 0 bridgehead atoms. The van der Waals surface area contributed by atoms with Gasteiger partial charge in [0.15, 0.2) is 0 Å². The second-order valence-electron chi connectivity index (χ2n) is 5.24. The van der Waals surface area contributed by atoms with Crippen LogP contribution in [0.25, 0.3) is 0 Å². The Morgan fingerprint density at radius 3 is 3.00 bits per heavy atom. The molecule has 18 heavy (non-hydrogen) atoms. The zero-order chi connectivity index (χ0) is 12.0. The lowest BCUT2D eigenvalue weighted by Crippen LogP contribution is -2.40. The number of rotatable bonds is 1. The van der Waals surface area contributed by atoms with E-state index in [1.807, 2.05) is 6.07 Å². The van der Waals surface area contributed by atoms with Crippen molar-refractivity contribution in [3.05, 3.63) is 33.8 Å². The highest BCUT2D eigenvalue weighted by Crippen LogP contribution is 2.44. The smallest absolute Gasteiger partial charge is 0.0863 e. The number of fused-ring (bicyclic) bond motifs is 3. The highest BCUT2D eigenvalue weighted by atomic mass is 35.5. The van der Waals surface area contributed by atoms with E-state index in [0.29, 0.717) is 12.5 Å². The van der Waals surface area contributed by atoms with Crippen molar-refractivity contribution in [1.29, 1.82) is 0 Å². The van der Waals surface area contributed by atoms with Gasteiger partial charge < -0.3 is 10.1 Å². The average molecular weight is 288 g/mol. The maximum Gasteiger partial charge on any atom is 0.0863 e. The molecular formula is C14H19Cl2NO. The van der Waals surface area contributed by atoms with Gasteiger partial charge in [-0.05, 0) is 30.5 Å². The van der Waals surface area contributed by atoms with Crippen molar-refractivity contribution in [3.63, 3.8) is 0 Å². The zero-order valence-corrected chi connectivity index (χ0v) is 12.3. The number of aryl methyl sites for hydroxylation is 1. The summed E-state index contributed by atoms with van der Waals surface area (Å²) in [5.74, 6) is 0.444. The first kappa shape index (κ1) is 14.1. The quantitative estimate of drug-likeness (QED) is 0.856. The van der Waals surface area contributed by atoms with Crippen LogP contribution in [0.15, 0.2) is 12.1 Å². The van der Waals surface area contributed by atoms with Crippen molar-refractivity contribution in [2.75, 3.05) is 13.1 Å². The van der Waals surface area contributed by atoms with E-state index in [-0.39, 0.29) is 18.0 Å². The summed E-state index contributed by atoms with van der Waals surface area (Å²) in [6, 6.07) is 4.18. The molecule has 4 heteroatoms. The molecule has 2 atom stereocenters. The average Bonchev–Trinajstić information content (AvgIpc) is 2.71. The van der Waals surface area contributed by atoms with Crippen LogP contribution in [0.5, 0.6) is 0 Å². The molecule has 1 aromatic rings. The summed E-state index contributed by atoms with van der Waals surface area (Å²) in [5, 5.41) is 4.30. The standard InChI is InChI=1S/C14H18ClNO.ClH/c1-3-9-4-5-12(15)10-7-17-14(2)8-16-6-11(14)13(9)10;/h4-5,11,16H,3,6-8H2,1-2H3;1H/t11-,14-;/m0./s1. The van der Waals surface area contributed by atoms with E-state index in [4.69, 9.17) is 16.3 Å². The maximum absolute atomic E-state index is 6.31. The van der Waals surface area contributed by atoms with Crippen molar-refractivity contribution in [1.82, 2.24) is 5.32 Å². The largest absolute Gasteiger partial charge is 0.369 e. The second-order valence-corrected chi connectivity index (χ2v) is 5.64. The number of benzene rings is 1. The summed E-state index contributed by atoms with van der Waals surface area (Å²) in [4.78, 5) is 0. The number of hydrogen-bond acceptors (Lipinski definition) is 2. The van der Waals surface area contributed by atoms with Gasteiger partial charge in [-0.1, -0.05) is 24.6 Å². The Kier molecular flexibility index (Phi) is 3.93. The number of ether oxygens (including phenoxy) is 1. The predicted molar refractivity (Wildman–Crippen MR) is 76.9 cm³/mol. The third-order valence-electron chi connectivity index (χ3n) is 4.23. The van der Waals surface area contributed by atoms with Crippen LogP contribution < -0.4 is 5.32 Å². The van der Waals surface area contributed by atoms with E-state index in [1.165, 1.54) is 16.7 Å². The summed E-state index contributed by atoms with van der Waals surface area (Å²) >= 11 is 6.31. The lowest BCUT2D eigenvalue weighted by molar-refractivity contribution is -0.0519. The number of hydrogen-bond donors (Lipinski definition) is 1. The van der Waals surface area contributed by atoms with Crippen LogP contribution in [-0.4, -0.2) is 18.7 Å². The molecule has 100 valence electrons. The van der Waals surface area contributed by atoms with Crippen LogP contribution in [0.1, 0.15) is 36.5 Å². The first-order chi connectivity index (χ1) is 8.15. The highest BCUT2D eigenvalue weighted by Gasteiger charge is 2.45. The van der Waals surface area contributed by atoms with E-state index in [9.17, 15) is 0 Å². The molecule has 1 saturated heterocycles. The second kappa shape index (κ2) is 5.01. The minimum atomic E-state index is -0.0540. The Bertz CT molecular complexity index is 463. The van der Waals surface area contributed by atoms with E-state index >= 15 is 0 Å². The van der Waals surface area contributed by atoms with E-state index < -0.39 is 0 Å². The van der Waals surface area contributed by atoms with Crippen LogP contribution in [-0.2, 0) is 17.8 Å². The molecule has 2 aliphatic heterocycles. The molecule has 0 spiro atoms. The van der Waals surface area contributed by atoms with Gasteiger partial charge in [0.05, 0.1) is 12.2 Å². The normalized spacial score (nSPS) is 29.4. The van der Waals surface area contributed by atoms with Gasteiger partial charge in [0.25, 0.3) is 0 Å². The lowest BCUT2D eigenvalue weighted by atomic mass is 9.78. The summed E-state index contributed by atoms with van der Waals surface area (Å²) in [6.07, 6.45) is 1.06. The predicted octanol–water partition coefficient (Wildman–Crippen LogP) is 3.30. The first-order valence-electron chi connectivity index (χ1n) is 6.30. The van der Waals surface area contributed by atoms with Crippen molar-refractivity contribution < 1.29 is 4.74 Å². The molecule has 0 aromatic heterocycles. The summed E-state index contributed by atoms with van der Waals surface area (Å²) in [6.45, 7) is 7.00. The van der Waals surface area contributed by atoms with Gasteiger partial charge in [0, 0.05) is 29.6 Å². The summed E-state index contributed by atoms with van der Waals surface area (Å²) in [7, 11) is 0. The molecule has 2 heterocycles. The molecule has 1 fully saturated rings. The molecule has 0 amide bonds. The fourth-order valence-corrected chi connectivity index (χ4v) is 3.39. The van der Waals surface area contributed by atoms with Crippen LogP contribution in [0.2, 0.25) is 5.02 Å². The monoisotopic (exact) mass is 287 g/mol. The van der Waals surface area contributed by atoms with E-state index in [0.717, 1.165) is 24.5 Å². The van der Waals surface area contributed by atoms with Crippen LogP contribution >= 0.6 is 24.0 Å². The van der Waals surface area contributed by atoms with Crippen molar-refractivity contribution in [2.45, 2.75) is 38.4 Å². The van der Waals surface area contributed by atoms with Gasteiger partial charge in [-0.3, -0.25) is 0 Å². The number of halogens is 2. The van der Waals surface area contributed by atoms with Gasteiger partial charge in [0.2, 0.25) is 0 Å². The fraction of sp³-hybridized carbons (Fsp3) is 0.571. The molecule has 1 aromatic carbocycles. The first-order valence-corrected chi connectivity index (χ1v) is 6.68. The Labute approximate surface area is 119 Å². The van der Waals surface area contributed by atoms with Gasteiger partial charge in [-0.25, -0.2) is 0 Å². The third-order valence-corrected chi connectivity index (χ3v) is 4.58. The van der Waals surface area contributed by atoms with Crippen molar-refractivity contribution in [3.8, 4) is 0 Å². The fourth-order valence-electron chi connectivity index (χ4n) is 3.18. The Balaban J connectivity index is 0.00000120. The van der Waals surface area contributed by atoms with Crippen LogP contribution in [0, 0.1) is 0 Å². The Morgan fingerprint density at radius 1 is 1.50 bits per heavy atom. The zero-order valence-electron chi connectivity index (χ0n) is 10.8. The molecular weight excluding hydrogens is 269 g/mol. The molecule has 2 aliphatic rings. The molecule has 3 rings (SSSR count). The lowest BCUT2D eigenvalue weighted by Gasteiger charge is -2.38. The molecule has 0 aliphatic carbocycles.